The molecule has 78 valence electrons. The topological polar surface area (TPSA) is 73.1 Å². The molecule has 1 unspecified atom stereocenters. The standard InChI is InChI=1S/C9H16N4O/c1-4-6(2)11-7-5-8(14-3)13-9(10)12-7/h5-6H,4H2,1-3H3,(H3,10,11,12,13). The molecule has 5 nitrogen and oxygen atoms in total. The lowest BCUT2D eigenvalue weighted by molar-refractivity contribution is 0.398. The molecule has 0 saturated carbocycles. The molecule has 1 rings (SSSR count). The van der Waals surface area contributed by atoms with Crippen LogP contribution < -0.4 is 15.8 Å². The van der Waals surface area contributed by atoms with E-state index < -0.39 is 0 Å². The number of rotatable bonds is 4. The molecule has 0 aliphatic rings. The zero-order chi connectivity index (χ0) is 10.6. The summed E-state index contributed by atoms with van der Waals surface area (Å²) in [5.74, 6) is 1.39. The molecule has 0 aromatic carbocycles. The molecule has 5 heteroatoms. The first-order valence-corrected chi connectivity index (χ1v) is 4.60. The van der Waals surface area contributed by atoms with Crippen molar-refractivity contribution in [1.82, 2.24) is 9.97 Å². The first-order valence-electron chi connectivity index (χ1n) is 4.60. The second-order valence-electron chi connectivity index (χ2n) is 3.11. The SMILES string of the molecule is CCC(C)Nc1cc(OC)nc(N)n1. The van der Waals surface area contributed by atoms with Gasteiger partial charge in [0.2, 0.25) is 11.8 Å². The molecule has 1 atom stereocenters. The van der Waals surface area contributed by atoms with Crippen molar-refractivity contribution >= 4 is 11.8 Å². The van der Waals surface area contributed by atoms with Crippen molar-refractivity contribution in [2.45, 2.75) is 26.3 Å². The van der Waals surface area contributed by atoms with Crippen LogP contribution in [0.2, 0.25) is 0 Å². The minimum atomic E-state index is 0.218. The number of nitrogens with one attached hydrogen (secondary N) is 1. The zero-order valence-corrected chi connectivity index (χ0v) is 8.74. The fourth-order valence-corrected chi connectivity index (χ4v) is 0.976. The summed E-state index contributed by atoms with van der Waals surface area (Å²) in [5, 5.41) is 3.20. The van der Waals surface area contributed by atoms with Crippen LogP contribution >= 0.6 is 0 Å². The zero-order valence-electron chi connectivity index (χ0n) is 8.74. The van der Waals surface area contributed by atoms with Crippen LogP contribution in [0.15, 0.2) is 6.07 Å². The number of nitrogens with zero attached hydrogens (tertiary/aromatic N) is 2. The minimum Gasteiger partial charge on any atom is -0.481 e. The lowest BCUT2D eigenvalue weighted by Gasteiger charge is -2.12. The normalized spacial score (nSPS) is 12.2. The van der Waals surface area contributed by atoms with Gasteiger partial charge in [-0.1, -0.05) is 6.92 Å². The van der Waals surface area contributed by atoms with Crippen molar-refractivity contribution in [2.75, 3.05) is 18.2 Å². The van der Waals surface area contributed by atoms with Gasteiger partial charge in [0.15, 0.2) is 0 Å². The maximum atomic E-state index is 5.51. The molecule has 0 saturated heterocycles. The molecule has 0 aliphatic carbocycles. The van der Waals surface area contributed by atoms with Crippen LogP contribution in [0.5, 0.6) is 5.88 Å². The third-order valence-corrected chi connectivity index (χ3v) is 1.94. The molecular formula is C9H16N4O. The van der Waals surface area contributed by atoms with Crippen molar-refractivity contribution < 1.29 is 4.74 Å². The summed E-state index contributed by atoms with van der Waals surface area (Å²) < 4.78 is 4.98. The Hall–Kier alpha value is -1.52. The molecule has 1 heterocycles. The number of nitrogens with two attached hydrogens (primary N) is 1. The second kappa shape index (κ2) is 4.64. The molecule has 1 aromatic heterocycles. The quantitative estimate of drug-likeness (QED) is 0.758. The average Bonchev–Trinajstić information content (AvgIpc) is 2.16. The predicted octanol–water partition coefficient (Wildman–Crippen LogP) is 1.28. The second-order valence-corrected chi connectivity index (χ2v) is 3.11. The molecule has 1 aromatic rings. The molecule has 14 heavy (non-hydrogen) atoms. The Morgan fingerprint density at radius 1 is 1.57 bits per heavy atom. The van der Waals surface area contributed by atoms with Crippen LogP contribution in [-0.2, 0) is 0 Å². The van der Waals surface area contributed by atoms with Gasteiger partial charge in [0.25, 0.3) is 0 Å². The van der Waals surface area contributed by atoms with E-state index >= 15 is 0 Å². The van der Waals surface area contributed by atoms with Crippen LogP contribution in [0.25, 0.3) is 0 Å². The van der Waals surface area contributed by atoms with Gasteiger partial charge in [0.05, 0.1) is 7.11 Å². The van der Waals surface area contributed by atoms with Crippen LogP contribution in [-0.4, -0.2) is 23.1 Å². The highest BCUT2D eigenvalue weighted by atomic mass is 16.5. The van der Waals surface area contributed by atoms with Gasteiger partial charge in [-0.2, -0.15) is 9.97 Å². The third kappa shape index (κ3) is 2.76. The Labute approximate surface area is 83.7 Å². The Kier molecular flexibility index (Phi) is 3.50. The van der Waals surface area contributed by atoms with E-state index in [9.17, 15) is 0 Å². The minimum absolute atomic E-state index is 0.218. The summed E-state index contributed by atoms with van der Waals surface area (Å²) in [6.07, 6.45) is 1.02. The number of hydrogen-bond acceptors (Lipinski definition) is 5. The van der Waals surface area contributed by atoms with Gasteiger partial charge >= 0.3 is 0 Å². The molecule has 3 N–H and O–H groups in total. The average molecular weight is 196 g/mol. The maximum absolute atomic E-state index is 5.51. The Morgan fingerprint density at radius 3 is 2.86 bits per heavy atom. The van der Waals surface area contributed by atoms with E-state index in [1.165, 1.54) is 0 Å². The lowest BCUT2D eigenvalue weighted by atomic mass is 10.2. The highest BCUT2D eigenvalue weighted by molar-refractivity contribution is 5.43. The lowest BCUT2D eigenvalue weighted by Crippen LogP contribution is -2.15. The summed E-state index contributed by atoms with van der Waals surface area (Å²) in [7, 11) is 1.55. The third-order valence-electron chi connectivity index (χ3n) is 1.94. The van der Waals surface area contributed by atoms with E-state index in [0.717, 1.165) is 6.42 Å². The van der Waals surface area contributed by atoms with Gasteiger partial charge in [0, 0.05) is 12.1 Å². The highest BCUT2D eigenvalue weighted by Gasteiger charge is 2.04. The van der Waals surface area contributed by atoms with Gasteiger partial charge in [-0.3, -0.25) is 0 Å². The molecule has 0 spiro atoms. The fourth-order valence-electron chi connectivity index (χ4n) is 0.976. The van der Waals surface area contributed by atoms with Crippen molar-refractivity contribution in [2.24, 2.45) is 0 Å². The van der Waals surface area contributed by atoms with Gasteiger partial charge in [0.1, 0.15) is 5.82 Å². The fraction of sp³-hybridized carbons (Fsp3) is 0.556. The van der Waals surface area contributed by atoms with E-state index in [2.05, 4.69) is 29.1 Å². The van der Waals surface area contributed by atoms with Crippen LogP contribution in [0.4, 0.5) is 11.8 Å². The summed E-state index contributed by atoms with van der Waals surface area (Å²) in [6, 6.07) is 2.08. The van der Waals surface area contributed by atoms with Crippen molar-refractivity contribution in [3.05, 3.63) is 6.07 Å². The monoisotopic (exact) mass is 196 g/mol. The van der Waals surface area contributed by atoms with Gasteiger partial charge < -0.3 is 15.8 Å². The summed E-state index contributed by atoms with van der Waals surface area (Å²) in [6.45, 7) is 4.17. The first kappa shape index (κ1) is 10.6. The number of anilines is 2. The molecule has 0 aliphatic heterocycles. The Morgan fingerprint density at radius 2 is 2.29 bits per heavy atom. The highest BCUT2D eigenvalue weighted by Crippen LogP contribution is 2.15. The van der Waals surface area contributed by atoms with Crippen molar-refractivity contribution in [3.63, 3.8) is 0 Å². The number of methoxy groups -OCH3 is 1. The maximum Gasteiger partial charge on any atom is 0.225 e. The van der Waals surface area contributed by atoms with Crippen molar-refractivity contribution in [1.29, 1.82) is 0 Å². The Bertz CT molecular complexity index is 303. The molecule has 0 radical (unpaired) electrons. The summed E-state index contributed by atoms with van der Waals surface area (Å²) >= 11 is 0. The molecule has 0 bridgehead atoms. The van der Waals surface area contributed by atoms with Crippen molar-refractivity contribution in [3.8, 4) is 5.88 Å². The molecule has 0 amide bonds. The largest absolute Gasteiger partial charge is 0.481 e. The Balaban J connectivity index is 2.81. The number of aromatic nitrogens is 2. The van der Waals surface area contributed by atoms with E-state index in [0.29, 0.717) is 17.7 Å². The van der Waals surface area contributed by atoms with E-state index in [4.69, 9.17) is 10.5 Å². The van der Waals surface area contributed by atoms with Gasteiger partial charge in [-0.25, -0.2) is 0 Å². The van der Waals surface area contributed by atoms with Crippen LogP contribution in [0, 0.1) is 0 Å². The number of ether oxygens (including phenoxy) is 1. The van der Waals surface area contributed by atoms with Crippen LogP contribution in [0.1, 0.15) is 20.3 Å². The molecule has 0 fully saturated rings. The van der Waals surface area contributed by atoms with Gasteiger partial charge in [-0.05, 0) is 13.3 Å². The smallest absolute Gasteiger partial charge is 0.225 e. The first-order chi connectivity index (χ1) is 6.65. The number of nitrogen functional groups attached to an aromatic ring is 1. The molecular weight excluding hydrogens is 180 g/mol. The van der Waals surface area contributed by atoms with Crippen LogP contribution in [0.3, 0.4) is 0 Å². The summed E-state index contributed by atoms with van der Waals surface area (Å²) in [4.78, 5) is 7.94. The van der Waals surface area contributed by atoms with Gasteiger partial charge in [-0.15, -0.1) is 0 Å². The van der Waals surface area contributed by atoms with E-state index in [1.807, 2.05) is 0 Å². The van der Waals surface area contributed by atoms with E-state index in [-0.39, 0.29) is 5.95 Å². The predicted molar refractivity (Wildman–Crippen MR) is 56.4 cm³/mol. The van der Waals surface area contributed by atoms with E-state index in [1.54, 1.807) is 13.2 Å². The summed E-state index contributed by atoms with van der Waals surface area (Å²) in [5.41, 5.74) is 5.51. The number of hydrogen-bond donors (Lipinski definition) is 2.